The molecular formula is C32H47Cl2N11O2. The summed E-state index contributed by atoms with van der Waals surface area (Å²) < 4.78 is 0. The molecule has 13 nitrogen and oxygen atoms in total. The number of carbonyl (C=O) groups is 1. The van der Waals surface area contributed by atoms with Gasteiger partial charge in [0.25, 0.3) is 5.91 Å². The number of piperidine rings is 2. The lowest BCUT2D eigenvalue weighted by atomic mass is 9.91. The summed E-state index contributed by atoms with van der Waals surface area (Å²) >= 11 is 6.66. The van der Waals surface area contributed by atoms with Crippen LogP contribution in [-0.4, -0.2) is 76.3 Å². The Labute approximate surface area is 287 Å². The lowest BCUT2D eigenvalue weighted by Crippen LogP contribution is -2.54. The zero-order chi connectivity index (χ0) is 33.3. The molecule has 0 radical (unpaired) electrons. The van der Waals surface area contributed by atoms with Crippen LogP contribution < -0.4 is 43.4 Å². The van der Waals surface area contributed by atoms with E-state index in [1.807, 2.05) is 43.6 Å². The first-order chi connectivity index (χ1) is 21.8. The van der Waals surface area contributed by atoms with E-state index >= 15 is 0 Å². The van der Waals surface area contributed by atoms with Gasteiger partial charge in [-0.1, -0.05) is 45.4 Å². The van der Waals surface area contributed by atoms with Gasteiger partial charge in [0.05, 0.1) is 16.3 Å². The molecule has 2 fully saturated rings. The molecule has 0 spiro atoms. The Hall–Kier alpha value is -3.46. The highest BCUT2D eigenvalue weighted by Crippen LogP contribution is 2.35. The zero-order valence-corrected chi connectivity index (χ0v) is 28.9. The van der Waals surface area contributed by atoms with E-state index in [0.717, 1.165) is 24.0 Å². The van der Waals surface area contributed by atoms with Gasteiger partial charge in [-0.25, -0.2) is 0 Å². The maximum Gasteiger partial charge on any atom is 0.259 e. The highest BCUT2D eigenvalue weighted by Gasteiger charge is 2.29. The zero-order valence-electron chi connectivity index (χ0n) is 27.3. The van der Waals surface area contributed by atoms with E-state index in [9.17, 15) is 9.90 Å². The number of hydrogen-bond acceptors (Lipinski definition) is 12. The van der Waals surface area contributed by atoms with Gasteiger partial charge in [0.2, 0.25) is 17.8 Å². The van der Waals surface area contributed by atoms with Gasteiger partial charge in [-0.2, -0.15) is 15.0 Å². The van der Waals surface area contributed by atoms with Gasteiger partial charge in [-0.15, -0.1) is 12.4 Å². The number of rotatable bonds is 8. The SMILES string of the molecule is CC(C)c1cc(C(=O)Nc2ccc(Nc3nc(N4C[C@H](N)C[C@H](N)C4)nc(N4C[C@H](N)C[C@H](N)C4)n3)cc2Cl)c(O)c(C(C)C)c1.Cl. The maximum atomic E-state index is 13.4. The molecular weight excluding hydrogens is 641 g/mol. The number of anilines is 5. The number of aromatic hydroxyl groups is 1. The predicted molar refractivity (Wildman–Crippen MR) is 192 cm³/mol. The summed E-state index contributed by atoms with van der Waals surface area (Å²) in [6, 6.07) is 8.37. The maximum absolute atomic E-state index is 13.4. The van der Waals surface area contributed by atoms with Crippen LogP contribution in [0.4, 0.5) is 29.2 Å². The highest BCUT2D eigenvalue weighted by atomic mass is 35.5. The molecule has 11 N–H and O–H groups in total. The minimum absolute atomic E-state index is 0. The van der Waals surface area contributed by atoms with E-state index in [2.05, 4.69) is 10.6 Å². The average molecular weight is 689 g/mol. The van der Waals surface area contributed by atoms with Gasteiger partial charge >= 0.3 is 0 Å². The lowest BCUT2D eigenvalue weighted by Gasteiger charge is -2.37. The van der Waals surface area contributed by atoms with Crippen molar-refractivity contribution in [2.24, 2.45) is 22.9 Å². The van der Waals surface area contributed by atoms with Crippen molar-refractivity contribution < 1.29 is 9.90 Å². The van der Waals surface area contributed by atoms with Crippen molar-refractivity contribution in [3.8, 4) is 5.75 Å². The molecule has 2 aromatic carbocycles. The number of phenolic OH excluding ortho intramolecular Hbond substituents is 1. The van der Waals surface area contributed by atoms with E-state index in [1.54, 1.807) is 24.3 Å². The molecule has 47 heavy (non-hydrogen) atoms. The van der Waals surface area contributed by atoms with Crippen LogP contribution >= 0.6 is 24.0 Å². The van der Waals surface area contributed by atoms with Crippen LogP contribution in [0, 0.1) is 0 Å². The van der Waals surface area contributed by atoms with Crippen LogP contribution in [0.3, 0.4) is 0 Å². The van der Waals surface area contributed by atoms with Crippen LogP contribution in [-0.2, 0) is 0 Å². The molecule has 2 aliphatic rings. The van der Waals surface area contributed by atoms with Crippen molar-refractivity contribution in [2.45, 2.75) is 76.5 Å². The molecule has 1 amide bonds. The van der Waals surface area contributed by atoms with Crippen LogP contribution in [0.25, 0.3) is 0 Å². The van der Waals surface area contributed by atoms with E-state index in [0.29, 0.717) is 55.4 Å². The Morgan fingerprint density at radius 2 is 1.38 bits per heavy atom. The van der Waals surface area contributed by atoms with Gasteiger partial charge < -0.3 is 48.5 Å². The number of nitrogens with two attached hydrogens (primary N) is 4. The number of hydrogen-bond donors (Lipinski definition) is 7. The van der Waals surface area contributed by atoms with E-state index < -0.39 is 5.91 Å². The Kier molecular flexibility index (Phi) is 11.7. The number of amides is 1. The van der Waals surface area contributed by atoms with Crippen molar-refractivity contribution in [3.05, 3.63) is 52.0 Å². The van der Waals surface area contributed by atoms with Gasteiger partial charge in [0.1, 0.15) is 5.75 Å². The first-order valence-corrected chi connectivity index (χ1v) is 16.2. The molecule has 0 saturated carbocycles. The lowest BCUT2D eigenvalue weighted by molar-refractivity contribution is 0.102. The topological polar surface area (TPSA) is 211 Å². The summed E-state index contributed by atoms with van der Waals surface area (Å²) in [7, 11) is 0. The third kappa shape index (κ3) is 8.72. The Bertz CT molecular complexity index is 1510. The fourth-order valence-electron chi connectivity index (χ4n) is 6.02. The van der Waals surface area contributed by atoms with Gasteiger partial charge in [-0.05, 0) is 60.1 Å². The number of carbonyl (C=O) groups excluding carboxylic acids is 1. The van der Waals surface area contributed by atoms with Crippen molar-refractivity contribution >= 4 is 59.1 Å². The van der Waals surface area contributed by atoms with E-state index in [4.69, 9.17) is 49.5 Å². The molecule has 5 rings (SSSR count). The quantitative estimate of drug-likeness (QED) is 0.181. The molecule has 2 saturated heterocycles. The van der Waals surface area contributed by atoms with Gasteiger partial charge in [0, 0.05) is 56.0 Å². The summed E-state index contributed by atoms with van der Waals surface area (Å²) in [4.78, 5) is 31.5. The molecule has 2 aliphatic heterocycles. The molecule has 0 unspecified atom stereocenters. The molecule has 15 heteroatoms. The van der Waals surface area contributed by atoms with Crippen LogP contribution in [0.15, 0.2) is 30.3 Å². The standard InChI is InChI=1S/C32H46ClN11O2.ClH/c1-16(2)18-7-24(17(3)4)28(45)25(8-18)29(46)39-27-6-5-23(11-26(27)33)38-30-40-31(43-12-19(34)9-20(35)13-43)42-32(41-30)44-14-21(36)10-22(37)15-44;/h5-8,11,16-17,19-22,45H,9-10,12-15,34-37H2,1-4H3,(H,39,46)(H,38,40,41,42);1H/t19-,20+,21-,22+;. The fourth-order valence-corrected chi connectivity index (χ4v) is 6.24. The first kappa shape index (κ1) is 36.4. The van der Waals surface area contributed by atoms with Crippen molar-refractivity contribution in [3.63, 3.8) is 0 Å². The largest absolute Gasteiger partial charge is 0.507 e. The van der Waals surface area contributed by atoms with Gasteiger partial charge in [0.15, 0.2) is 0 Å². The van der Waals surface area contributed by atoms with E-state index in [1.165, 1.54) is 0 Å². The minimum atomic E-state index is -0.452. The summed E-state index contributed by atoms with van der Waals surface area (Å²) in [6.45, 7) is 10.3. The number of nitrogens with zero attached hydrogens (tertiary/aromatic N) is 5. The van der Waals surface area contributed by atoms with Crippen molar-refractivity contribution in [1.29, 1.82) is 0 Å². The Morgan fingerprint density at radius 1 is 0.851 bits per heavy atom. The van der Waals surface area contributed by atoms with Crippen molar-refractivity contribution in [2.75, 3.05) is 46.6 Å². The number of nitrogens with one attached hydrogen (secondary N) is 2. The third-order valence-corrected chi connectivity index (χ3v) is 8.69. The number of phenols is 1. The molecule has 0 aliphatic carbocycles. The van der Waals surface area contributed by atoms with Crippen LogP contribution in [0.5, 0.6) is 5.75 Å². The summed E-state index contributed by atoms with van der Waals surface area (Å²) in [5, 5.41) is 17.3. The van der Waals surface area contributed by atoms with Crippen LogP contribution in [0.2, 0.25) is 5.02 Å². The second-order valence-corrected chi connectivity index (χ2v) is 13.6. The third-order valence-electron chi connectivity index (χ3n) is 8.38. The minimum Gasteiger partial charge on any atom is -0.507 e. The predicted octanol–water partition coefficient (Wildman–Crippen LogP) is 3.62. The number of aromatic nitrogens is 3. The smallest absolute Gasteiger partial charge is 0.259 e. The molecule has 3 heterocycles. The monoisotopic (exact) mass is 687 g/mol. The van der Waals surface area contributed by atoms with E-state index in [-0.39, 0.29) is 64.7 Å². The van der Waals surface area contributed by atoms with Crippen molar-refractivity contribution in [1.82, 2.24) is 15.0 Å². The second-order valence-electron chi connectivity index (χ2n) is 13.2. The Morgan fingerprint density at radius 3 is 1.85 bits per heavy atom. The normalized spacial score (nSPS) is 21.5. The Balaban J connectivity index is 0.00000500. The average Bonchev–Trinajstić information content (AvgIpc) is 2.97. The number of halogens is 2. The second kappa shape index (κ2) is 15.2. The highest BCUT2D eigenvalue weighted by molar-refractivity contribution is 6.34. The first-order valence-electron chi connectivity index (χ1n) is 15.8. The summed E-state index contributed by atoms with van der Waals surface area (Å²) in [5.41, 5.74) is 28.0. The number of benzene rings is 2. The van der Waals surface area contributed by atoms with Gasteiger partial charge in [-0.3, -0.25) is 4.79 Å². The fraction of sp³-hybridized carbons (Fsp3) is 0.500. The molecule has 256 valence electrons. The molecule has 4 atom stereocenters. The molecule has 3 aromatic rings. The summed E-state index contributed by atoms with van der Waals surface area (Å²) in [6.07, 6.45) is 1.44. The summed E-state index contributed by atoms with van der Waals surface area (Å²) in [5.74, 6) is 0.940. The molecule has 1 aromatic heterocycles. The van der Waals surface area contributed by atoms with Crippen LogP contribution in [0.1, 0.15) is 73.9 Å². The molecule has 0 bridgehead atoms.